The second-order valence-electron chi connectivity index (χ2n) is 5.37. The molecule has 0 saturated carbocycles. The molecule has 1 atom stereocenters. The smallest absolute Gasteiger partial charge is 0.359 e. The first-order chi connectivity index (χ1) is 11.1. The van der Waals surface area contributed by atoms with Gasteiger partial charge in [-0.1, -0.05) is 18.2 Å². The minimum atomic E-state index is -4.94. The van der Waals surface area contributed by atoms with E-state index in [1.165, 1.54) is 5.69 Å². The molecule has 130 valence electrons. The molecule has 2 aromatic rings. The van der Waals surface area contributed by atoms with E-state index in [1.807, 2.05) is 25.1 Å². The Hall–Kier alpha value is -1.42. The van der Waals surface area contributed by atoms with Gasteiger partial charge in [0, 0.05) is 25.2 Å². The molecular weight excluding hydrogens is 356 g/mol. The number of para-hydroxylation sites is 1. The Bertz CT molecular complexity index is 717. The lowest BCUT2D eigenvalue weighted by atomic mass is 10.1. The highest BCUT2D eigenvalue weighted by Gasteiger charge is 2.33. The first-order valence-electron chi connectivity index (χ1n) is 7.06. The molecule has 0 saturated heterocycles. The topological polar surface area (TPSA) is 129 Å². The van der Waals surface area contributed by atoms with Crippen LogP contribution in [0.25, 0.3) is 0 Å². The number of benzene rings is 1. The lowest BCUT2D eigenvalue weighted by Gasteiger charge is -2.17. The van der Waals surface area contributed by atoms with Crippen LogP contribution in [0, 0.1) is 24.1 Å². The van der Waals surface area contributed by atoms with E-state index >= 15 is 0 Å². The largest absolute Gasteiger partial charge is 0.508 e. The Labute approximate surface area is 146 Å². The molecule has 1 N–H and O–H groups in total. The summed E-state index contributed by atoms with van der Waals surface area (Å²) in [4.78, 5) is 4.59. The zero-order valence-corrected chi connectivity index (χ0v) is 14.7. The second kappa shape index (κ2) is 7.64. The van der Waals surface area contributed by atoms with Crippen LogP contribution in [-0.4, -0.2) is 15.8 Å². The Morgan fingerprint density at radius 2 is 1.88 bits per heavy atom. The van der Waals surface area contributed by atoms with Gasteiger partial charge in [0.25, 0.3) is 0 Å². The molecular formula is C15H17ClN2O5S. The van der Waals surface area contributed by atoms with Crippen molar-refractivity contribution in [2.45, 2.75) is 31.5 Å². The number of hydrogen-bond acceptors (Lipinski definition) is 7. The van der Waals surface area contributed by atoms with E-state index in [0.29, 0.717) is 11.8 Å². The first kappa shape index (κ1) is 18.9. The summed E-state index contributed by atoms with van der Waals surface area (Å²) >= 11 is 1.80. The zero-order chi connectivity index (χ0) is 17.9. The van der Waals surface area contributed by atoms with Crippen molar-refractivity contribution in [3.05, 3.63) is 47.3 Å². The van der Waals surface area contributed by atoms with Crippen LogP contribution in [0.4, 0.5) is 0 Å². The number of fused-ring (bicyclic) bond motifs is 1. The van der Waals surface area contributed by atoms with Crippen molar-refractivity contribution in [3.8, 4) is 5.75 Å². The van der Waals surface area contributed by atoms with Crippen molar-refractivity contribution in [2.75, 3.05) is 5.75 Å². The van der Waals surface area contributed by atoms with E-state index in [2.05, 4.69) is 22.5 Å². The van der Waals surface area contributed by atoms with Gasteiger partial charge in [0.1, 0.15) is 17.5 Å². The normalized spacial score (nSPS) is 16.3. The molecule has 0 spiro atoms. The molecule has 9 heteroatoms. The van der Waals surface area contributed by atoms with Gasteiger partial charge >= 0.3 is 5.16 Å². The number of phenols is 1. The van der Waals surface area contributed by atoms with E-state index in [-0.39, 0.29) is 0 Å². The number of aromatic hydroxyl groups is 1. The SMILES string of the molecule is Cc1cc(C)[n+]2c(n1)SCC2Cc1ccccc1O.[O-][Cl+3]([O-])([O-])[O-]. The van der Waals surface area contributed by atoms with Gasteiger partial charge in [-0.25, -0.2) is 23.2 Å². The van der Waals surface area contributed by atoms with Crippen molar-refractivity contribution < 1.29 is 38.6 Å². The van der Waals surface area contributed by atoms with Gasteiger partial charge in [-0.15, -0.1) is 10.2 Å². The Morgan fingerprint density at radius 3 is 2.50 bits per heavy atom. The average Bonchev–Trinajstić information content (AvgIpc) is 2.82. The number of phenolic OH excluding ortho intramolecular Hbond substituents is 1. The molecule has 1 aromatic carbocycles. The fraction of sp³-hybridized carbons (Fsp3) is 0.333. The molecule has 0 radical (unpaired) electrons. The standard InChI is InChI=1S/C15H16N2OS.ClHO4/c1-10-7-11(2)17-13(9-19-15(17)16-10)8-12-5-3-4-6-14(12)18;2-1(3,4)5/h3-7,13H,8-9H2,1-2H3;(H,2,3,4,5). The molecule has 1 aromatic heterocycles. The fourth-order valence-corrected chi connectivity index (χ4v) is 3.89. The zero-order valence-electron chi connectivity index (χ0n) is 13.1. The van der Waals surface area contributed by atoms with Crippen molar-refractivity contribution in [1.29, 1.82) is 0 Å². The monoisotopic (exact) mass is 372 g/mol. The van der Waals surface area contributed by atoms with Gasteiger partial charge in [0.15, 0.2) is 5.69 Å². The number of nitrogens with zero attached hydrogens (tertiary/aromatic N) is 2. The highest BCUT2D eigenvalue weighted by molar-refractivity contribution is 7.99. The quantitative estimate of drug-likeness (QED) is 0.468. The third-order valence-corrected chi connectivity index (χ3v) is 4.59. The third-order valence-electron chi connectivity index (χ3n) is 3.49. The van der Waals surface area contributed by atoms with E-state index in [0.717, 1.165) is 28.6 Å². The van der Waals surface area contributed by atoms with E-state index < -0.39 is 10.2 Å². The number of rotatable bonds is 2. The summed E-state index contributed by atoms with van der Waals surface area (Å²) in [6.07, 6.45) is 0.850. The molecule has 2 heterocycles. The maximum atomic E-state index is 9.90. The summed E-state index contributed by atoms with van der Waals surface area (Å²) in [5.41, 5.74) is 3.32. The van der Waals surface area contributed by atoms with Crippen molar-refractivity contribution in [1.82, 2.24) is 4.98 Å². The number of hydrogen-bond donors (Lipinski definition) is 1. The minimum absolute atomic E-state index is 0.376. The van der Waals surface area contributed by atoms with Gasteiger partial charge in [0.05, 0.1) is 0 Å². The highest BCUT2D eigenvalue weighted by atomic mass is 35.7. The summed E-state index contributed by atoms with van der Waals surface area (Å²) in [6.45, 7) is 4.16. The molecule has 7 nitrogen and oxygen atoms in total. The van der Waals surface area contributed by atoms with Crippen LogP contribution in [0.3, 0.4) is 0 Å². The summed E-state index contributed by atoms with van der Waals surface area (Å²) in [5, 5.41) is 11.0. The van der Waals surface area contributed by atoms with E-state index in [9.17, 15) is 5.11 Å². The van der Waals surface area contributed by atoms with Crippen LogP contribution in [0.2, 0.25) is 0 Å². The predicted octanol–water partition coefficient (Wildman–Crippen LogP) is -2.17. The number of halogens is 1. The minimum Gasteiger partial charge on any atom is -0.508 e. The van der Waals surface area contributed by atoms with E-state index in [4.69, 9.17) is 18.6 Å². The first-order valence-corrected chi connectivity index (χ1v) is 9.28. The van der Waals surface area contributed by atoms with Gasteiger partial charge in [0.2, 0.25) is 0 Å². The van der Waals surface area contributed by atoms with Crippen molar-refractivity contribution in [2.24, 2.45) is 0 Å². The van der Waals surface area contributed by atoms with Gasteiger partial charge < -0.3 is 5.11 Å². The van der Waals surface area contributed by atoms with Crippen LogP contribution in [0.15, 0.2) is 35.5 Å². The van der Waals surface area contributed by atoms with Gasteiger partial charge in [-0.05, 0) is 35.3 Å². The molecule has 1 unspecified atom stereocenters. The Balaban J connectivity index is 0.000000368. The maximum Gasteiger partial charge on any atom is 0.359 e. The average molecular weight is 373 g/mol. The molecule has 0 amide bonds. The van der Waals surface area contributed by atoms with Crippen molar-refractivity contribution >= 4 is 11.8 Å². The van der Waals surface area contributed by atoms with E-state index in [1.54, 1.807) is 17.8 Å². The Kier molecular flexibility index (Phi) is 6.02. The van der Waals surface area contributed by atoms with Gasteiger partial charge in [-0.3, -0.25) is 0 Å². The molecule has 1 aliphatic heterocycles. The van der Waals surface area contributed by atoms with Crippen LogP contribution in [0.5, 0.6) is 5.75 Å². The van der Waals surface area contributed by atoms with Gasteiger partial charge in [-0.2, -0.15) is 0 Å². The highest BCUT2D eigenvalue weighted by Crippen LogP contribution is 2.30. The molecule has 24 heavy (non-hydrogen) atoms. The van der Waals surface area contributed by atoms with Crippen molar-refractivity contribution in [3.63, 3.8) is 0 Å². The third kappa shape index (κ3) is 5.30. The molecule has 0 aliphatic carbocycles. The van der Waals surface area contributed by atoms with Crippen LogP contribution < -0.4 is 23.2 Å². The predicted molar refractivity (Wildman–Crippen MR) is 75.5 cm³/mol. The van der Waals surface area contributed by atoms with Crippen LogP contribution in [0.1, 0.15) is 23.0 Å². The Morgan fingerprint density at radius 1 is 1.25 bits per heavy atom. The molecule has 1 aliphatic rings. The maximum absolute atomic E-state index is 9.90. The summed E-state index contributed by atoms with van der Waals surface area (Å²) in [5.74, 6) is 1.41. The number of aromatic nitrogens is 2. The molecule has 3 rings (SSSR count). The summed E-state index contributed by atoms with van der Waals surface area (Å²) in [6, 6.07) is 10.1. The summed E-state index contributed by atoms with van der Waals surface area (Å²) < 4.78 is 36.3. The second-order valence-corrected chi connectivity index (χ2v) is 7.11. The number of aryl methyl sites for hydroxylation is 2. The molecule has 0 fully saturated rings. The lowest BCUT2D eigenvalue weighted by Crippen LogP contribution is -2.68. The van der Waals surface area contributed by atoms with Crippen LogP contribution in [-0.2, 0) is 6.42 Å². The lowest BCUT2D eigenvalue weighted by molar-refractivity contribution is -2.00. The summed E-state index contributed by atoms with van der Waals surface area (Å²) in [7, 11) is -4.94. The fourth-order valence-electron chi connectivity index (χ4n) is 2.64. The van der Waals surface area contributed by atoms with Crippen LogP contribution >= 0.6 is 11.8 Å². The molecule has 0 bridgehead atoms. The number of thioether (sulfide) groups is 1.